The molecule has 0 bridgehead atoms. The van der Waals surface area contributed by atoms with Crippen LogP contribution in [0.1, 0.15) is 5.56 Å². The molecule has 3 aromatic rings. The normalized spacial score (nSPS) is 11.1. The SMILES string of the molecule is OCc1ccc(Sc2ncnc3nc[nH]c23)cc1Br. The smallest absolute Gasteiger partial charge is 0.181 e. The second-order valence-corrected chi connectivity index (χ2v) is 5.71. The number of rotatable bonds is 3. The number of hydrogen-bond donors (Lipinski definition) is 2. The number of nitrogens with zero attached hydrogens (tertiary/aromatic N) is 3. The number of fused-ring (bicyclic) bond motifs is 1. The summed E-state index contributed by atoms with van der Waals surface area (Å²) in [6.07, 6.45) is 3.11. The molecule has 0 radical (unpaired) electrons. The van der Waals surface area contributed by atoms with Crippen molar-refractivity contribution in [3.05, 3.63) is 40.9 Å². The van der Waals surface area contributed by atoms with E-state index in [0.29, 0.717) is 5.65 Å². The fourth-order valence-electron chi connectivity index (χ4n) is 1.65. The van der Waals surface area contributed by atoms with Crippen molar-refractivity contribution in [2.75, 3.05) is 0 Å². The van der Waals surface area contributed by atoms with Crippen LogP contribution in [0.15, 0.2) is 45.2 Å². The van der Waals surface area contributed by atoms with Gasteiger partial charge in [0, 0.05) is 9.37 Å². The maximum absolute atomic E-state index is 9.14. The van der Waals surface area contributed by atoms with E-state index in [4.69, 9.17) is 5.11 Å². The highest BCUT2D eigenvalue weighted by molar-refractivity contribution is 9.10. The Hall–Kier alpha value is -1.44. The van der Waals surface area contributed by atoms with Gasteiger partial charge in [0.15, 0.2) is 5.65 Å². The third kappa shape index (κ3) is 2.49. The number of aromatic nitrogens is 4. The zero-order valence-corrected chi connectivity index (χ0v) is 12.1. The van der Waals surface area contributed by atoms with Crippen molar-refractivity contribution in [2.45, 2.75) is 16.5 Å². The minimum Gasteiger partial charge on any atom is -0.392 e. The Kier molecular flexibility index (Phi) is 3.50. The Balaban J connectivity index is 1.97. The number of aliphatic hydroxyl groups excluding tert-OH is 1. The topological polar surface area (TPSA) is 74.7 Å². The van der Waals surface area contributed by atoms with E-state index in [1.165, 1.54) is 18.1 Å². The first-order valence-corrected chi connectivity index (χ1v) is 7.10. The first-order chi connectivity index (χ1) is 9.28. The first-order valence-electron chi connectivity index (χ1n) is 5.49. The third-order valence-corrected chi connectivity index (χ3v) is 4.33. The van der Waals surface area contributed by atoms with Crippen molar-refractivity contribution in [1.29, 1.82) is 0 Å². The minimum absolute atomic E-state index is 0.0177. The zero-order valence-electron chi connectivity index (χ0n) is 9.67. The van der Waals surface area contributed by atoms with E-state index in [0.717, 1.165) is 25.5 Å². The van der Waals surface area contributed by atoms with E-state index in [1.54, 1.807) is 6.33 Å². The van der Waals surface area contributed by atoms with Crippen LogP contribution in [0.25, 0.3) is 11.2 Å². The van der Waals surface area contributed by atoms with Crippen molar-refractivity contribution in [3.8, 4) is 0 Å². The highest BCUT2D eigenvalue weighted by Gasteiger charge is 2.08. The van der Waals surface area contributed by atoms with Crippen LogP contribution in [-0.2, 0) is 6.61 Å². The van der Waals surface area contributed by atoms with Gasteiger partial charge in [0.25, 0.3) is 0 Å². The quantitative estimate of drug-likeness (QED) is 0.719. The van der Waals surface area contributed by atoms with Gasteiger partial charge in [-0.1, -0.05) is 33.8 Å². The van der Waals surface area contributed by atoms with Crippen LogP contribution in [0.4, 0.5) is 0 Å². The van der Waals surface area contributed by atoms with Crippen molar-refractivity contribution in [3.63, 3.8) is 0 Å². The molecule has 0 saturated carbocycles. The van der Waals surface area contributed by atoms with E-state index in [2.05, 4.69) is 35.9 Å². The standard InChI is InChI=1S/C12H9BrN4OS/c13-9-3-8(2-1-7(9)4-18)19-12-10-11(15-5-14-10)16-6-17-12/h1-3,5-6,18H,4H2,(H,14,15,16,17). The Bertz CT molecular complexity index is 731. The van der Waals surface area contributed by atoms with E-state index >= 15 is 0 Å². The van der Waals surface area contributed by atoms with Crippen LogP contribution in [0.2, 0.25) is 0 Å². The summed E-state index contributed by atoms with van der Waals surface area (Å²) in [6.45, 7) is 0.0177. The van der Waals surface area contributed by atoms with Gasteiger partial charge < -0.3 is 10.1 Å². The fraction of sp³-hybridized carbons (Fsp3) is 0.0833. The van der Waals surface area contributed by atoms with Crippen LogP contribution >= 0.6 is 27.7 Å². The molecule has 5 nitrogen and oxygen atoms in total. The molecular weight excluding hydrogens is 328 g/mol. The summed E-state index contributed by atoms with van der Waals surface area (Å²) in [5, 5.41) is 9.97. The Morgan fingerprint density at radius 3 is 2.95 bits per heavy atom. The molecule has 0 fully saturated rings. The van der Waals surface area contributed by atoms with Gasteiger partial charge in [-0.15, -0.1) is 0 Å². The molecule has 2 heterocycles. The summed E-state index contributed by atoms with van der Waals surface area (Å²) in [4.78, 5) is 16.5. The van der Waals surface area contributed by atoms with Crippen molar-refractivity contribution in [2.24, 2.45) is 0 Å². The average Bonchev–Trinajstić information content (AvgIpc) is 2.88. The Labute approximate surface area is 121 Å². The number of aromatic amines is 1. The van der Waals surface area contributed by atoms with Gasteiger partial charge in [-0.2, -0.15) is 0 Å². The molecule has 0 spiro atoms. The maximum atomic E-state index is 9.14. The van der Waals surface area contributed by atoms with Gasteiger partial charge in [0.05, 0.1) is 12.9 Å². The minimum atomic E-state index is 0.0177. The monoisotopic (exact) mass is 336 g/mol. The average molecular weight is 337 g/mol. The molecule has 0 amide bonds. The lowest BCUT2D eigenvalue weighted by molar-refractivity contribution is 0.281. The predicted octanol–water partition coefficient (Wildman–Crippen LogP) is 2.76. The van der Waals surface area contributed by atoms with Crippen LogP contribution in [0.5, 0.6) is 0 Å². The molecule has 1 aromatic carbocycles. The second kappa shape index (κ2) is 5.28. The van der Waals surface area contributed by atoms with Gasteiger partial charge in [-0.05, 0) is 17.7 Å². The fourth-order valence-corrected chi connectivity index (χ4v) is 3.20. The third-order valence-electron chi connectivity index (χ3n) is 2.60. The summed E-state index contributed by atoms with van der Waals surface area (Å²) < 4.78 is 0.884. The lowest BCUT2D eigenvalue weighted by Gasteiger charge is -2.05. The molecule has 19 heavy (non-hydrogen) atoms. The van der Waals surface area contributed by atoms with Crippen molar-refractivity contribution in [1.82, 2.24) is 19.9 Å². The Morgan fingerprint density at radius 2 is 2.16 bits per heavy atom. The molecule has 96 valence electrons. The highest BCUT2D eigenvalue weighted by Crippen LogP contribution is 2.32. The van der Waals surface area contributed by atoms with E-state index in [1.807, 2.05) is 18.2 Å². The highest BCUT2D eigenvalue weighted by atomic mass is 79.9. The zero-order chi connectivity index (χ0) is 13.2. The van der Waals surface area contributed by atoms with Gasteiger partial charge in [0.2, 0.25) is 0 Å². The first kappa shape index (κ1) is 12.6. The lowest BCUT2D eigenvalue weighted by Crippen LogP contribution is -1.88. The molecule has 3 rings (SSSR count). The van der Waals surface area contributed by atoms with Gasteiger partial charge >= 0.3 is 0 Å². The molecule has 0 aliphatic heterocycles. The molecule has 0 aliphatic carbocycles. The molecular formula is C12H9BrN4OS. The number of halogens is 1. The summed E-state index contributed by atoms with van der Waals surface area (Å²) in [5.74, 6) is 0. The van der Waals surface area contributed by atoms with E-state index < -0.39 is 0 Å². The molecule has 0 unspecified atom stereocenters. The lowest BCUT2D eigenvalue weighted by atomic mass is 10.2. The molecule has 0 aliphatic rings. The van der Waals surface area contributed by atoms with Crippen LogP contribution in [0, 0.1) is 0 Å². The van der Waals surface area contributed by atoms with Gasteiger partial charge in [0.1, 0.15) is 16.9 Å². The maximum Gasteiger partial charge on any atom is 0.181 e. The predicted molar refractivity (Wildman–Crippen MR) is 75.9 cm³/mol. The van der Waals surface area contributed by atoms with Crippen molar-refractivity contribution < 1.29 is 5.11 Å². The number of aliphatic hydroxyl groups is 1. The number of H-pyrrole nitrogens is 1. The van der Waals surface area contributed by atoms with Gasteiger partial charge in [-0.3, -0.25) is 0 Å². The summed E-state index contributed by atoms with van der Waals surface area (Å²) in [5.41, 5.74) is 2.34. The van der Waals surface area contributed by atoms with E-state index in [-0.39, 0.29) is 6.61 Å². The molecule has 7 heteroatoms. The second-order valence-electron chi connectivity index (χ2n) is 3.79. The number of imidazole rings is 1. The Morgan fingerprint density at radius 1 is 1.26 bits per heavy atom. The summed E-state index contributed by atoms with van der Waals surface area (Å²) in [7, 11) is 0. The summed E-state index contributed by atoms with van der Waals surface area (Å²) in [6, 6.07) is 5.80. The number of hydrogen-bond acceptors (Lipinski definition) is 5. The van der Waals surface area contributed by atoms with Gasteiger partial charge in [-0.25, -0.2) is 15.0 Å². The molecule has 0 atom stereocenters. The largest absolute Gasteiger partial charge is 0.392 e. The molecule has 2 aromatic heterocycles. The van der Waals surface area contributed by atoms with Crippen LogP contribution in [0.3, 0.4) is 0 Å². The molecule has 0 saturated heterocycles. The molecule has 2 N–H and O–H groups in total. The number of nitrogens with one attached hydrogen (secondary N) is 1. The van der Waals surface area contributed by atoms with Crippen LogP contribution < -0.4 is 0 Å². The summed E-state index contributed by atoms with van der Waals surface area (Å²) >= 11 is 4.96. The number of benzene rings is 1. The van der Waals surface area contributed by atoms with Crippen LogP contribution in [-0.4, -0.2) is 25.0 Å². The van der Waals surface area contributed by atoms with Crippen molar-refractivity contribution >= 4 is 38.9 Å². The van der Waals surface area contributed by atoms with E-state index in [9.17, 15) is 0 Å².